The Morgan fingerprint density at radius 1 is 0.980 bits per heavy atom. The first-order valence-corrected chi connectivity index (χ1v) is 16.8. The fourth-order valence-corrected chi connectivity index (χ4v) is 6.67. The van der Waals surface area contributed by atoms with Crippen molar-refractivity contribution in [3.63, 3.8) is 0 Å². The molecule has 0 aliphatic carbocycles. The van der Waals surface area contributed by atoms with Crippen LogP contribution in [0.25, 0.3) is 11.0 Å². The first kappa shape index (κ1) is 33.7. The zero-order chi connectivity index (χ0) is 34.2. The number of carbonyl (C=O) groups is 1. The lowest BCUT2D eigenvalue weighted by Crippen LogP contribution is -2.40. The third kappa shape index (κ3) is 8.11. The molecule has 6 rings (SSSR count). The summed E-state index contributed by atoms with van der Waals surface area (Å²) < 4.78 is 16.4. The van der Waals surface area contributed by atoms with Crippen molar-refractivity contribution in [3.05, 3.63) is 102 Å². The van der Waals surface area contributed by atoms with Crippen LogP contribution in [0.15, 0.2) is 79.3 Å². The molecule has 1 saturated heterocycles. The average molecular weight is 664 g/mol. The van der Waals surface area contributed by atoms with E-state index in [1.165, 1.54) is 5.56 Å². The average Bonchev–Trinajstić information content (AvgIpc) is 3.57. The van der Waals surface area contributed by atoms with Crippen LogP contribution >= 0.6 is 0 Å². The third-order valence-electron chi connectivity index (χ3n) is 9.35. The van der Waals surface area contributed by atoms with Crippen LogP contribution in [-0.2, 0) is 6.42 Å². The summed E-state index contributed by atoms with van der Waals surface area (Å²) in [6, 6.07) is 20.1. The molecule has 256 valence electrons. The summed E-state index contributed by atoms with van der Waals surface area (Å²) in [7, 11) is 6.49. The van der Waals surface area contributed by atoms with Gasteiger partial charge in [0, 0.05) is 74.9 Å². The molecule has 2 aromatic carbocycles. The standard InChI is InChI=1S/C38H45N7O4/c1-44(37(46)29-23-33(47-2)36(49-4)34(24-29)48-3)25-28(26-11-17-39-18-12-26)13-19-45-20-14-30(15-21-45)41-38-42-32-10-7-8-27(35(32)43-38)22-31-9-5-6-16-40-31/h5-12,16-18,23-24,28,30H,13-15,19-22,25H2,1-4H3,(H2,41,42,43). The van der Waals surface area contributed by atoms with Gasteiger partial charge in [-0.25, -0.2) is 4.98 Å². The van der Waals surface area contributed by atoms with Gasteiger partial charge in [-0.05, 0) is 79.4 Å². The van der Waals surface area contributed by atoms with Crippen molar-refractivity contribution in [1.29, 1.82) is 0 Å². The number of hydrogen-bond donors (Lipinski definition) is 2. The van der Waals surface area contributed by atoms with Gasteiger partial charge in [0.1, 0.15) is 0 Å². The normalized spacial score (nSPS) is 14.4. The number of rotatable bonds is 14. The SMILES string of the molecule is COc1cc(C(=O)N(C)CC(CCN2CCC(Nc3nc4c(Cc5ccccn5)cccc4[nH]3)CC2)c2ccncc2)cc(OC)c1OC. The van der Waals surface area contributed by atoms with E-state index in [2.05, 4.69) is 43.4 Å². The van der Waals surface area contributed by atoms with Crippen molar-refractivity contribution < 1.29 is 19.0 Å². The molecule has 1 unspecified atom stereocenters. The minimum atomic E-state index is -0.111. The molecule has 49 heavy (non-hydrogen) atoms. The summed E-state index contributed by atoms with van der Waals surface area (Å²) in [5.74, 6) is 2.21. The molecule has 1 aliphatic heterocycles. The highest BCUT2D eigenvalue weighted by Gasteiger charge is 2.25. The zero-order valence-corrected chi connectivity index (χ0v) is 28.7. The molecular weight excluding hydrogens is 618 g/mol. The largest absolute Gasteiger partial charge is 0.493 e. The van der Waals surface area contributed by atoms with Gasteiger partial charge in [-0.2, -0.15) is 0 Å². The van der Waals surface area contributed by atoms with Crippen molar-refractivity contribution in [1.82, 2.24) is 29.7 Å². The maximum absolute atomic E-state index is 13.6. The quantitative estimate of drug-likeness (QED) is 0.152. The predicted molar refractivity (Wildman–Crippen MR) is 191 cm³/mol. The molecule has 1 atom stereocenters. The summed E-state index contributed by atoms with van der Waals surface area (Å²) in [5, 5.41) is 3.66. The predicted octanol–water partition coefficient (Wildman–Crippen LogP) is 5.79. The summed E-state index contributed by atoms with van der Waals surface area (Å²) >= 11 is 0. The van der Waals surface area contributed by atoms with E-state index < -0.39 is 0 Å². The minimum Gasteiger partial charge on any atom is -0.493 e. The van der Waals surface area contributed by atoms with E-state index in [-0.39, 0.29) is 11.8 Å². The van der Waals surface area contributed by atoms with Gasteiger partial charge < -0.3 is 34.3 Å². The van der Waals surface area contributed by atoms with Gasteiger partial charge in [0.05, 0.1) is 32.4 Å². The van der Waals surface area contributed by atoms with Crippen molar-refractivity contribution in [2.45, 2.75) is 37.6 Å². The lowest BCUT2D eigenvalue weighted by Gasteiger charge is -2.33. The zero-order valence-electron chi connectivity index (χ0n) is 28.7. The smallest absolute Gasteiger partial charge is 0.253 e. The number of ether oxygens (including phenoxy) is 3. The van der Waals surface area contributed by atoms with Crippen LogP contribution in [0.5, 0.6) is 17.2 Å². The molecule has 1 fully saturated rings. The first-order chi connectivity index (χ1) is 23.9. The highest BCUT2D eigenvalue weighted by atomic mass is 16.5. The fourth-order valence-electron chi connectivity index (χ4n) is 6.67. The maximum atomic E-state index is 13.6. The van der Waals surface area contributed by atoms with Gasteiger partial charge >= 0.3 is 0 Å². The maximum Gasteiger partial charge on any atom is 0.253 e. The number of imidazole rings is 1. The summed E-state index contributed by atoms with van der Waals surface area (Å²) in [4.78, 5) is 35.1. The van der Waals surface area contributed by atoms with Crippen LogP contribution in [0.2, 0.25) is 0 Å². The molecule has 1 amide bonds. The number of aromatic nitrogens is 4. The molecule has 0 radical (unpaired) electrons. The van der Waals surface area contributed by atoms with E-state index in [1.807, 2.05) is 56.0 Å². The van der Waals surface area contributed by atoms with Gasteiger partial charge in [-0.3, -0.25) is 14.8 Å². The van der Waals surface area contributed by atoms with E-state index in [0.717, 1.165) is 73.6 Å². The van der Waals surface area contributed by atoms with E-state index >= 15 is 0 Å². The lowest BCUT2D eigenvalue weighted by atomic mass is 9.94. The highest BCUT2D eigenvalue weighted by Crippen LogP contribution is 2.38. The Kier molecular flexibility index (Phi) is 10.9. The molecule has 0 saturated carbocycles. The molecule has 11 nitrogen and oxygen atoms in total. The highest BCUT2D eigenvalue weighted by molar-refractivity contribution is 5.95. The second-order valence-corrected chi connectivity index (χ2v) is 12.5. The summed E-state index contributed by atoms with van der Waals surface area (Å²) in [6.45, 7) is 3.48. The van der Waals surface area contributed by atoms with Crippen LogP contribution in [-0.4, -0.2) is 96.2 Å². The van der Waals surface area contributed by atoms with Crippen LogP contribution in [0.1, 0.15) is 52.4 Å². The Balaban J connectivity index is 1.05. The number of amides is 1. The van der Waals surface area contributed by atoms with Gasteiger partial charge in [-0.1, -0.05) is 18.2 Å². The van der Waals surface area contributed by atoms with Crippen molar-refractivity contribution in [2.24, 2.45) is 0 Å². The number of aromatic amines is 1. The lowest BCUT2D eigenvalue weighted by molar-refractivity contribution is 0.0781. The number of carbonyl (C=O) groups excluding carboxylic acids is 1. The number of nitrogens with zero attached hydrogens (tertiary/aromatic N) is 5. The number of anilines is 1. The van der Waals surface area contributed by atoms with Gasteiger partial charge in [0.2, 0.25) is 11.7 Å². The summed E-state index contributed by atoms with van der Waals surface area (Å²) in [5.41, 5.74) is 5.86. The van der Waals surface area contributed by atoms with E-state index in [1.54, 1.807) is 38.4 Å². The fraction of sp³-hybridized carbons (Fsp3) is 0.368. The Bertz CT molecular complexity index is 1800. The molecule has 2 N–H and O–H groups in total. The number of fused-ring (bicyclic) bond motifs is 1. The molecule has 11 heteroatoms. The second kappa shape index (κ2) is 15.8. The second-order valence-electron chi connectivity index (χ2n) is 12.5. The molecule has 5 aromatic rings. The van der Waals surface area contributed by atoms with E-state index in [0.29, 0.717) is 35.4 Å². The Morgan fingerprint density at radius 2 is 1.73 bits per heavy atom. The molecule has 0 spiro atoms. The van der Waals surface area contributed by atoms with Gasteiger partial charge in [0.15, 0.2) is 11.5 Å². The molecular formula is C38H45N7O4. The minimum absolute atomic E-state index is 0.111. The number of likely N-dealkylation sites (N-methyl/N-ethyl adjacent to an activating group) is 1. The monoisotopic (exact) mass is 663 g/mol. The van der Waals surface area contributed by atoms with Crippen LogP contribution in [0, 0.1) is 0 Å². The number of nitrogens with one attached hydrogen (secondary N) is 2. The van der Waals surface area contributed by atoms with Gasteiger partial charge in [-0.15, -0.1) is 0 Å². The topological polar surface area (TPSA) is 118 Å². The summed E-state index contributed by atoms with van der Waals surface area (Å²) in [6.07, 6.45) is 9.18. The van der Waals surface area contributed by atoms with Crippen molar-refractivity contribution in [2.75, 3.05) is 59.9 Å². The number of methoxy groups -OCH3 is 3. The van der Waals surface area contributed by atoms with E-state index in [9.17, 15) is 4.79 Å². The third-order valence-corrected chi connectivity index (χ3v) is 9.35. The van der Waals surface area contributed by atoms with Crippen molar-refractivity contribution in [3.8, 4) is 17.2 Å². The Labute approximate surface area is 287 Å². The van der Waals surface area contributed by atoms with Gasteiger partial charge in [0.25, 0.3) is 5.91 Å². The Hall–Kier alpha value is -5.16. The number of benzene rings is 2. The molecule has 1 aliphatic rings. The van der Waals surface area contributed by atoms with Crippen molar-refractivity contribution >= 4 is 22.9 Å². The number of H-pyrrole nitrogens is 1. The van der Waals surface area contributed by atoms with Crippen LogP contribution < -0.4 is 19.5 Å². The number of likely N-dealkylation sites (tertiary alicyclic amines) is 1. The molecule has 0 bridgehead atoms. The Morgan fingerprint density at radius 3 is 2.41 bits per heavy atom. The number of pyridine rings is 2. The molecule has 4 heterocycles. The number of piperidine rings is 1. The van der Waals surface area contributed by atoms with Crippen LogP contribution in [0.3, 0.4) is 0 Å². The molecule has 3 aromatic heterocycles. The van der Waals surface area contributed by atoms with E-state index in [4.69, 9.17) is 19.2 Å². The number of para-hydroxylation sites is 1. The number of hydrogen-bond acceptors (Lipinski definition) is 9. The first-order valence-electron chi connectivity index (χ1n) is 16.8. The van der Waals surface area contributed by atoms with Crippen LogP contribution in [0.4, 0.5) is 5.95 Å².